The molecule has 0 bridgehead atoms. The topological polar surface area (TPSA) is 125 Å². The highest BCUT2D eigenvalue weighted by Crippen LogP contribution is 2.10. The number of carboxylic acids is 1. The van der Waals surface area contributed by atoms with Crippen LogP contribution in [0, 0.1) is 5.92 Å². The number of carboxylic acid groups (broad SMARTS) is 1. The summed E-state index contributed by atoms with van der Waals surface area (Å²) in [6.07, 6.45) is 1.21. The molecular weight excluding hydrogens is 338 g/mol. The Labute approximate surface area is 152 Å². The number of amides is 3. The first-order valence-electron chi connectivity index (χ1n) is 8.40. The number of nitrogens with one attached hydrogen (secondary N) is 3. The van der Waals surface area contributed by atoms with Gasteiger partial charge in [0, 0.05) is 12.1 Å². The largest absolute Gasteiger partial charge is 0.480 e. The molecule has 0 atom stereocenters. The van der Waals surface area contributed by atoms with Gasteiger partial charge in [0.15, 0.2) is 0 Å². The summed E-state index contributed by atoms with van der Waals surface area (Å²) < 4.78 is 0. The minimum atomic E-state index is -1.10. The number of anilines is 1. The molecule has 0 saturated carbocycles. The summed E-state index contributed by atoms with van der Waals surface area (Å²) in [6, 6.07) is 6.60. The number of carbonyl (C=O) groups excluding carboxylic acids is 3. The van der Waals surface area contributed by atoms with Gasteiger partial charge >= 0.3 is 5.97 Å². The summed E-state index contributed by atoms with van der Waals surface area (Å²) in [5, 5.41) is 16.0. The Bertz CT molecular complexity index is 641. The molecule has 0 radical (unpaired) electrons. The molecule has 0 fully saturated rings. The van der Waals surface area contributed by atoms with Gasteiger partial charge in [-0.3, -0.25) is 19.2 Å². The normalized spacial score (nSPS) is 10.3. The van der Waals surface area contributed by atoms with Crippen LogP contribution in [0.15, 0.2) is 24.3 Å². The Hall–Kier alpha value is -2.90. The number of hydrogen-bond acceptors (Lipinski definition) is 4. The van der Waals surface area contributed by atoms with Gasteiger partial charge in [-0.25, -0.2) is 0 Å². The number of rotatable bonds is 10. The third-order valence-corrected chi connectivity index (χ3v) is 3.43. The molecule has 4 N–H and O–H groups in total. The second kappa shape index (κ2) is 10.9. The molecule has 3 amide bonds. The van der Waals surface area contributed by atoms with Crippen molar-refractivity contribution in [2.45, 2.75) is 33.1 Å². The number of benzene rings is 1. The van der Waals surface area contributed by atoms with Gasteiger partial charge in [-0.05, 0) is 30.0 Å². The summed E-state index contributed by atoms with van der Waals surface area (Å²) in [4.78, 5) is 45.3. The zero-order chi connectivity index (χ0) is 19.5. The van der Waals surface area contributed by atoms with E-state index < -0.39 is 18.4 Å². The summed E-state index contributed by atoms with van der Waals surface area (Å²) in [5.74, 6) is -1.56. The molecular formula is C18H25N3O5. The van der Waals surface area contributed by atoms with E-state index in [1.807, 2.05) is 13.8 Å². The maximum Gasteiger partial charge on any atom is 0.322 e. The van der Waals surface area contributed by atoms with E-state index in [1.165, 1.54) is 0 Å². The van der Waals surface area contributed by atoms with Crippen molar-refractivity contribution in [3.05, 3.63) is 29.8 Å². The van der Waals surface area contributed by atoms with Gasteiger partial charge < -0.3 is 21.1 Å². The van der Waals surface area contributed by atoms with Crippen LogP contribution >= 0.6 is 0 Å². The highest BCUT2D eigenvalue weighted by molar-refractivity contribution is 5.94. The second-order valence-corrected chi connectivity index (χ2v) is 6.30. The van der Waals surface area contributed by atoms with Crippen LogP contribution in [0.2, 0.25) is 0 Å². The lowest BCUT2D eigenvalue weighted by Gasteiger charge is -2.09. The number of aliphatic carboxylic acids is 1. The second-order valence-electron chi connectivity index (χ2n) is 6.30. The predicted molar refractivity (Wildman–Crippen MR) is 96.5 cm³/mol. The van der Waals surface area contributed by atoms with E-state index in [0.29, 0.717) is 23.6 Å². The summed E-state index contributed by atoms with van der Waals surface area (Å²) in [5.41, 5.74) is 1.23. The first kappa shape index (κ1) is 21.1. The minimum Gasteiger partial charge on any atom is -0.480 e. The fraction of sp³-hybridized carbons (Fsp3) is 0.444. The van der Waals surface area contributed by atoms with E-state index in [0.717, 1.165) is 6.42 Å². The molecule has 0 unspecified atom stereocenters. The highest BCUT2D eigenvalue weighted by Gasteiger charge is 2.08. The first-order chi connectivity index (χ1) is 12.3. The van der Waals surface area contributed by atoms with Crippen molar-refractivity contribution >= 4 is 29.4 Å². The Morgan fingerprint density at radius 2 is 1.54 bits per heavy atom. The van der Waals surface area contributed by atoms with Gasteiger partial charge in [0.25, 0.3) is 0 Å². The lowest BCUT2D eigenvalue weighted by Crippen LogP contribution is -2.32. The molecule has 0 aromatic heterocycles. The Morgan fingerprint density at radius 3 is 2.12 bits per heavy atom. The molecule has 1 aromatic rings. The van der Waals surface area contributed by atoms with Crippen molar-refractivity contribution in [2.75, 3.05) is 18.4 Å². The Kier molecular flexibility index (Phi) is 8.83. The van der Waals surface area contributed by atoms with Gasteiger partial charge in [-0.2, -0.15) is 0 Å². The fourth-order valence-corrected chi connectivity index (χ4v) is 2.02. The van der Waals surface area contributed by atoms with E-state index in [2.05, 4.69) is 16.0 Å². The van der Waals surface area contributed by atoms with Crippen LogP contribution in [0.4, 0.5) is 5.69 Å². The lowest BCUT2D eigenvalue weighted by atomic mass is 10.1. The summed E-state index contributed by atoms with van der Waals surface area (Å²) in [7, 11) is 0. The lowest BCUT2D eigenvalue weighted by molar-refractivity contribution is -0.137. The van der Waals surface area contributed by atoms with Crippen molar-refractivity contribution in [2.24, 2.45) is 5.92 Å². The van der Waals surface area contributed by atoms with Crippen LogP contribution in [0.25, 0.3) is 0 Å². The average Bonchev–Trinajstić information content (AvgIpc) is 2.58. The SMILES string of the molecule is CC(C)CCC(=O)NCC(=O)Nc1ccc(CC(=O)NCC(=O)O)cc1. The fourth-order valence-electron chi connectivity index (χ4n) is 2.02. The van der Waals surface area contributed by atoms with Gasteiger partial charge in [-0.15, -0.1) is 0 Å². The number of carbonyl (C=O) groups is 4. The standard InChI is InChI=1S/C18H25N3O5/c1-12(2)3-8-15(22)19-10-17(24)21-14-6-4-13(5-7-14)9-16(23)20-11-18(25)26/h4-7,12H,3,8-11H2,1-2H3,(H,19,22)(H,20,23)(H,21,24)(H,25,26). The summed E-state index contributed by atoms with van der Waals surface area (Å²) in [6.45, 7) is 3.53. The van der Waals surface area contributed by atoms with Crippen molar-refractivity contribution in [3.63, 3.8) is 0 Å². The molecule has 0 saturated heterocycles. The van der Waals surface area contributed by atoms with Gasteiger partial charge in [0.1, 0.15) is 6.54 Å². The molecule has 142 valence electrons. The van der Waals surface area contributed by atoms with Crippen molar-refractivity contribution < 1.29 is 24.3 Å². The van der Waals surface area contributed by atoms with E-state index >= 15 is 0 Å². The number of hydrogen-bond donors (Lipinski definition) is 4. The molecule has 1 rings (SSSR count). The smallest absolute Gasteiger partial charge is 0.322 e. The maximum atomic E-state index is 11.8. The van der Waals surface area contributed by atoms with Gasteiger partial charge in [0.2, 0.25) is 17.7 Å². The van der Waals surface area contributed by atoms with Crippen molar-refractivity contribution in [1.82, 2.24) is 10.6 Å². The molecule has 0 aliphatic heterocycles. The Morgan fingerprint density at radius 1 is 0.923 bits per heavy atom. The molecule has 8 nitrogen and oxygen atoms in total. The Balaban J connectivity index is 2.37. The monoisotopic (exact) mass is 363 g/mol. The van der Waals surface area contributed by atoms with Crippen LogP contribution in [-0.4, -0.2) is 41.9 Å². The quantitative estimate of drug-likeness (QED) is 0.492. The third-order valence-electron chi connectivity index (χ3n) is 3.43. The maximum absolute atomic E-state index is 11.8. The zero-order valence-corrected chi connectivity index (χ0v) is 15.0. The van der Waals surface area contributed by atoms with E-state index in [1.54, 1.807) is 24.3 Å². The van der Waals surface area contributed by atoms with E-state index in [-0.39, 0.29) is 24.8 Å². The van der Waals surface area contributed by atoms with Crippen LogP contribution in [0.3, 0.4) is 0 Å². The van der Waals surface area contributed by atoms with Crippen LogP contribution in [0.1, 0.15) is 32.3 Å². The average molecular weight is 363 g/mol. The minimum absolute atomic E-state index is 0.0490. The molecule has 0 aliphatic carbocycles. The van der Waals surface area contributed by atoms with Gasteiger partial charge in [-0.1, -0.05) is 26.0 Å². The molecule has 0 spiro atoms. The van der Waals surface area contributed by atoms with Gasteiger partial charge in [0.05, 0.1) is 13.0 Å². The molecule has 0 heterocycles. The molecule has 26 heavy (non-hydrogen) atoms. The van der Waals surface area contributed by atoms with Crippen molar-refractivity contribution in [3.8, 4) is 0 Å². The van der Waals surface area contributed by atoms with Crippen LogP contribution in [0.5, 0.6) is 0 Å². The predicted octanol–water partition coefficient (Wildman–Crippen LogP) is 0.921. The molecule has 8 heteroatoms. The van der Waals surface area contributed by atoms with Crippen LogP contribution in [-0.2, 0) is 25.6 Å². The summed E-state index contributed by atoms with van der Waals surface area (Å²) >= 11 is 0. The van der Waals surface area contributed by atoms with Crippen molar-refractivity contribution in [1.29, 1.82) is 0 Å². The highest BCUT2D eigenvalue weighted by atomic mass is 16.4. The van der Waals surface area contributed by atoms with Crippen LogP contribution < -0.4 is 16.0 Å². The first-order valence-corrected chi connectivity index (χ1v) is 8.40. The molecule has 1 aromatic carbocycles. The molecule has 0 aliphatic rings. The van der Waals surface area contributed by atoms with E-state index in [9.17, 15) is 19.2 Å². The zero-order valence-electron chi connectivity index (χ0n) is 15.0. The third kappa shape index (κ3) is 9.41. The van der Waals surface area contributed by atoms with E-state index in [4.69, 9.17) is 5.11 Å².